The van der Waals surface area contributed by atoms with E-state index in [1.54, 1.807) is 17.2 Å². The van der Waals surface area contributed by atoms with Gasteiger partial charge in [0.15, 0.2) is 0 Å². The van der Waals surface area contributed by atoms with Gasteiger partial charge in [0.2, 0.25) is 5.28 Å². The summed E-state index contributed by atoms with van der Waals surface area (Å²) in [6, 6.07) is 1.76. The van der Waals surface area contributed by atoms with E-state index in [0.717, 1.165) is 6.42 Å². The lowest BCUT2D eigenvalue weighted by atomic mass is 10.0. The van der Waals surface area contributed by atoms with Crippen molar-refractivity contribution < 1.29 is 9.53 Å². The third kappa shape index (κ3) is 4.46. The van der Waals surface area contributed by atoms with Gasteiger partial charge in [0.05, 0.1) is 5.54 Å². The first-order valence-corrected chi connectivity index (χ1v) is 7.29. The van der Waals surface area contributed by atoms with Crippen LogP contribution in [0.15, 0.2) is 12.3 Å². The second-order valence-electron chi connectivity index (χ2n) is 6.55. The molecule has 1 N–H and O–H groups in total. The van der Waals surface area contributed by atoms with Crippen molar-refractivity contribution in [3.05, 3.63) is 17.5 Å². The van der Waals surface area contributed by atoms with Gasteiger partial charge in [-0.15, -0.1) is 0 Å². The lowest BCUT2D eigenvalue weighted by Crippen LogP contribution is -2.41. The topological polar surface area (TPSA) is 67.4 Å². The van der Waals surface area contributed by atoms with E-state index in [-0.39, 0.29) is 16.9 Å². The Morgan fingerprint density at radius 2 is 2.24 bits per heavy atom. The van der Waals surface area contributed by atoms with Crippen molar-refractivity contribution in [1.29, 1.82) is 0 Å². The number of likely N-dealkylation sites (tertiary alicyclic amines) is 1. The monoisotopic (exact) mass is 312 g/mol. The summed E-state index contributed by atoms with van der Waals surface area (Å²) in [6.07, 6.45) is 2.13. The molecule has 6 nitrogen and oxygen atoms in total. The second kappa shape index (κ2) is 5.67. The molecule has 2 heterocycles. The first-order chi connectivity index (χ1) is 9.67. The van der Waals surface area contributed by atoms with E-state index in [9.17, 15) is 4.79 Å². The van der Waals surface area contributed by atoms with E-state index in [1.807, 2.05) is 27.7 Å². The number of hydrogen-bond donors (Lipinski definition) is 1. The van der Waals surface area contributed by atoms with Crippen LogP contribution in [0.2, 0.25) is 5.28 Å². The molecule has 0 saturated carbocycles. The van der Waals surface area contributed by atoms with Gasteiger partial charge in [-0.25, -0.2) is 14.8 Å². The van der Waals surface area contributed by atoms with Crippen LogP contribution in [0.1, 0.15) is 34.1 Å². The van der Waals surface area contributed by atoms with Crippen LogP contribution in [0, 0.1) is 0 Å². The molecule has 1 aromatic heterocycles. The van der Waals surface area contributed by atoms with Gasteiger partial charge < -0.3 is 15.0 Å². The Balaban J connectivity index is 1.98. The number of amides is 1. The minimum atomic E-state index is -0.482. The lowest BCUT2D eigenvalue weighted by molar-refractivity contribution is 0.0287. The molecule has 0 bridgehead atoms. The van der Waals surface area contributed by atoms with Gasteiger partial charge in [-0.2, -0.15) is 0 Å². The third-order valence-corrected chi connectivity index (χ3v) is 3.36. The van der Waals surface area contributed by atoms with Crippen molar-refractivity contribution in [2.75, 3.05) is 18.4 Å². The molecule has 1 unspecified atom stereocenters. The van der Waals surface area contributed by atoms with Crippen LogP contribution in [0.5, 0.6) is 0 Å². The minimum Gasteiger partial charge on any atom is -0.444 e. The summed E-state index contributed by atoms with van der Waals surface area (Å²) >= 11 is 5.78. The van der Waals surface area contributed by atoms with Gasteiger partial charge in [0.1, 0.15) is 11.4 Å². The predicted molar refractivity (Wildman–Crippen MR) is 81.5 cm³/mol. The molecule has 0 radical (unpaired) electrons. The maximum absolute atomic E-state index is 12.1. The summed E-state index contributed by atoms with van der Waals surface area (Å²) in [5, 5.41) is 3.52. The Morgan fingerprint density at radius 1 is 1.52 bits per heavy atom. The molecule has 0 aliphatic carbocycles. The zero-order valence-electron chi connectivity index (χ0n) is 12.8. The summed E-state index contributed by atoms with van der Waals surface area (Å²) in [5.41, 5.74) is -0.738. The van der Waals surface area contributed by atoms with Crippen molar-refractivity contribution in [2.24, 2.45) is 0 Å². The molecule has 1 aliphatic heterocycles. The van der Waals surface area contributed by atoms with Crippen molar-refractivity contribution in [3.63, 3.8) is 0 Å². The van der Waals surface area contributed by atoms with Crippen LogP contribution in [0.3, 0.4) is 0 Å². The van der Waals surface area contributed by atoms with Gasteiger partial charge >= 0.3 is 6.09 Å². The highest BCUT2D eigenvalue weighted by atomic mass is 35.5. The van der Waals surface area contributed by atoms with Crippen molar-refractivity contribution in [2.45, 2.75) is 45.3 Å². The number of anilines is 1. The number of hydrogen-bond acceptors (Lipinski definition) is 5. The second-order valence-corrected chi connectivity index (χ2v) is 6.89. The van der Waals surface area contributed by atoms with Gasteiger partial charge in [0, 0.05) is 19.3 Å². The quantitative estimate of drug-likeness (QED) is 0.850. The SMILES string of the molecule is CC1(Nc2ccnc(Cl)n2)CCN(C(=O)OC(C)(C)C)C1. The molecule has 1 aromatic rings. The fourth-order valence-corrected chi connectivity index (χ4v) is 2.41. The number of aromatic nitrogens is 2. The Hall–Kier alpha value is -1.56. The standard InChI is InChI=1S/C14H21ClN4O2/c1-13(2,3)21-12(20)19-8-6-14(4,9-19)18-10-5-7-16-11(15)17-10/h5,7H,6,8-9H2,1-4H3,(H,16,17,18). The largest absolute Gasteiger partial charge is 0.444 e. The molecule has 116 valence electrons. The van der Waals surface area contributed by atoms with E-state index in [0.29, 0.717) is 18.9 Å². The highest BCUT2D eigenvalue weighted by Gasteiger charge is 2.38. The molecular weight excluding hydrogens is 292 g/mol. The van der Waals surface area contributed by atoms with E-state index in [4.69, 9.17) is 16.3 Å². The van der Waals surface area contributed by atoms with Gasteiger partial charge in [0.25, 0.3) is 0 Å². The maximum atomic E-state index is 12.1. The fraction of sp³-hybridized carbons (Fsp3) is 0.643. The Kier molecular flexibility index (Phi) is 4.27. The molecule has 1 saturated heterocycles. The predicted octanol–water partition coefficient (Wildman–Crippen LogP) is 2.94. The summed E-state index contributed by atoms with van der Waals surface area (Å²) < 4.78 is 5.40. The molecule has 21 heavy (non-hydrogen) atoms. The number of halogens is 1. The van der Waals surface area contributed by atoms with Crippen LogP contribution in [0.4, 0.5) is 10.6 Å². The first-order valence-electron chi connectivity index (χ1n) is 6.92. The van der Waals surface area contributed by atoms with Crippen LogP contribution >= 0.6 is 11.6 Å². The van der Waals surface area contributed by atoms with Gasteiger partial charge in [-0.05, 0) is 51.8 Å². The molecule has 1 aliphatic rings. The molecule has 1 fully saturated rings. The molecule has 1 atom stereocenters. The number of carbonyl (C=O) groups excluding carboxylic acids is 1. The summed E-state index contributed by atoms with van der Waals surface area (Å²) in [5.74, 6) is 0.656. The van der Waals surface area contributed by atoms with Crippen LogP contribution in [-0.4, -0.2) is 45.2 Å². The summed E-state index contributed by atoms with van der Waals surface area (Å²) in [7, 11) is 0. The normalized spacial score (nSPS) is 22.2. The molecule has 7 heteroatoms. The highest BCUT2D eigenvalue weighted by Crippen LogP contribution is 2.26. The number of rotatable bonds is 2. The molecule has 1 amide bonds. The molecule has 0 spiro atoms. The Morgan fingerprint density at radius 3 is 2.86 bits per heavy atom. The Bertz CT molecular complexity index is 532. The van der Waals surface area contributed by atoms with E-state index < -0.39 is 5.60 Å². The van der Waals surface area contributed by atoms with E-state index in [2.05, 4.69) is 15.3 Å². The van der Waals surface area contributed by atoms with Crippen LogP contribution < -0.4 is 5.32 Å². The lowest BCUT2D eigenvalue weighted by Gasteiger charge is -2.28. The molecular formula is C14H21ClN4O2. The fourth-order valence-electron chi connectivity index (χ4n) is 2.26. The average Bonchev–Trinajstić information content (AvgIpc) is 2.69. The van der Waals surface area contributed by atoms with Crippen molar-refractivity contribution >= 4 is 23.5 Å². The Labute approximate surface area is 129 Å². The minimum absolute atomic E-state index is 0.200. The molecule has 2 rings (SSSR count). The number of nitrogens with one attached hydrogen (secondary N) is 1. The van der Waals surface area contributed by atoms with E-state index in [1.165, 1.54) is 0 Å². The number of carbonyl (C=O) groups is 1. The number of ether oxygens (including phenoxy) is 1. The number of nitrogens with zero attached hydrogens (tertiary/aromatic N) is 3. The van der Waals surface area contributed by atoms with Gasteiger partial charge in [-0.3, -0.25) is 0 Å². The van der Waals surface area contributed by atoms with Crippen molar-refractivity contribution in [1.82, 2.24) is 14.9 Å². The highest BCUT2D eigenvalue weighted by molar-refractivity contribution is 6.28. The zero-order chi connectivity index (χ0) is 15.7. The van der Waals surface area contributed by atoms with Crippen molar-refractivity contribution in [3.8, 4) is 0 Å². The summed E-state index contributed by atoms with van der Waals surface area (Å²) in [6.45, 7) is 8.85. The molecule has 0 aromatic carbocycles. The average molecular weight is 313 g/mol. The maximum Gasteiger partial charge on any atom is 0.410 e. The summed E-state index contributed by atoms with van der Waals surface area (Å²) in [4.78, 5) is 21.8. The first kappa shape index (κ1) is 15.8. The van der Waals surface area contributed by atoms with Crippen LogP contribution in [-0.2, 0) is 4.74 Å². The third-order valence-electron chi connectivity index (χ3n) is 3.18. The van der Waals surface area contributed by atoms with E-state index >= 15 is 0 Å². The zero-order valence-corrected chi connectivity index (χ0v) is 13.6. The van der Waals surface area contributed by atoms with Crippen LogP contribution in [0.25, 0.3) is 0 Å². The van der Waals surface area contributed by atoms with Gasteiger partial charge in [-0.1, -0.05) is 0 Å². The smallest absolute Gasteiger partial charge is 0.410 e.